The SMILES string of the molecule is Cc1ccc(OS(=O)(=O)c2ccc(Cl)cc2Cl)c(-c2nc3ncccc3o2)c1. The van der Waals surface area contributed by atoms with Crippen LogP contribution in [-0.4, -0.2) is 18.4 Å². The van der Waals surface area contributed by atoms with Crippen LogP contribution >= 0.6 is 23.2 Å². The minimum atomic E-state index is -4.21. The van der Waals surface area contributed by atoms with Crippen molar-refractivity contribution >= 4 is 44.6 Å². The van der Waals surface area contributed by atoms with E-state index in [9.17, 15) is 8.42 Å². The molecule has 2 aromatic carbocycles. The number of oxazole rings is 1. The molecule has 142 valence electrons. The van der Waals surface area contributed by atoms with Crippen molar-refractivity contribution < 1.29 is 17.0 Å². The molecule has 0 saturated carbocycles. The van der Waals surface area contributed by atoms with Crippen LogP contribution in [-0.2, 0) is 10.1 Å². The molecular weight excluding hydrogens is 423 g/mol. The first kappa shape index (κ1) is 18.7. The van der Waals surface area contributed by atoms with Gasteiger partial charge in [0.25, 0.3) is 0 Å². The molecule has 0 bridgehead atoms. The highest BCUT2D eigenvalue weighted by atomic mass is 35.5. The summed E-state index contributed by atoms with van der Waals surface area (Å²) in [7, 11) is -4.21. The van der Waals surface area contributed by atoms with Crippen LogP contribution in [0.3, 0.4) is 0 Å². The Hall–Kier alpha value is -2.61. The van der Waals surface area contributed by atoms with Crippen LogP contribution in [0.2, 0.25) is 10.0 Å². The lowest BCUT2D eigenvalue weighted by atomic mass is 10.1. The van der Waals surface area contributed by atoms with Gasteiger partial charge in [0.1, 0.15) is 4.90 Å². The number of fused-ring (bicyclic) bond motifs is 1. The summed E-state index contributed by atoms with van der Waals surface area (Å²) in [5.41, 5.74) is 2.15. The molecule has 6 nitrogen and oxygen atoms in total. The molecule has 9 heteroatoms. The number of aryl methyl sites for hydroxylation is 1. The topological polar surface area (TPSA) is 82.3 Å². The summed E-state index contributed by atoms with van der Waals surface area (Å²) in [5.74, 6) is 0.257. The third-order valence-corrected chi connectivity index (χ3v) is 5.85. The molecule has 0 saturated heterocycles. The normalized spacial score (nSPS) is 11.7. The van der Waals surface area contributed by atoms with Gasteiger partial charge in [-0.3, -0.25) is 0 Å². The molecule has 0 aliphatic heterocycles. The lowest BCUT2D eigenvalue weighted by Crippen LogP contribution is -2.11. The van der Waals surface area contributed by atoms with E-state index in [-0.39, 0.29) is 21.6 Å². The summed E-state index contributed by atoms with van der Waals surface area (Å²) in [4.78, 5) is 8.26. The molecule has 0 N–H and O–H groups in total. The van der Waals surface area contributed by atoms with Crippen molar-refractivity contribution in [2.24, 2.45) is 0 Å². The second kappa shape index (κ2) is 7.09. The van der Waals surface area contributed by atoms with Crippen molar-refractivity contribution in [3.8, 4) is 17.2 Å². The van der Waals surface area contributed by atoms with E-state index in [0.29, 0.717) is 21.8 Å². The van der Waals surface area contributed by atoms with Gasteiger partial charge in [0.05, 0.1) is 10.6 Å². The molecule has 0 atom stereocenters. The smallest absolute Gasteiger partial charge is 0.340 e. The van der Waals surface area contributed by atoms with Crippen molar-refractivity contribution in [1.82, 2.24) is 9.97 Å². The Bertz CT molecular complexity index is 1270. The predicted octanol–water partition coefficient (Wildman–Crippen LogP) is 5.27. The van der Waals surface area contributed by atoms with Crippen LogP contribution in [0, 0.1) is 6.92 Å². The van der Waals surface area contributed by atoms with Crippen LogP contribution < -0.4 is 4.18 Å². The Morgan fingerprint density at radius 1 is 1.07 bits per heavy atom. The van der Waals surface area contributed by atoms with Gasteiger partial charge in [0, 0.05) is 11.2 Å². The second-order valence-corrected chi connectivity index (χ2v) is 8.31. The first-order valence-corrected chi connectivity index (χ1v) is 10.2. The molecule has 4 rings (SSSR count). The van der Waals surface area contributed by atoms with Gasteiger partial charge in [-0.15, -0.1) is 0 Å². The van der Waals surface area contributed by atoms with Gasteiger partial charge < -0.3 is 8.60 Å². The first-order chi connectivity index (χ1) is 13.3. The number of pyridine rings is 1. The summed E-state index contributed by atoms with van der Waals surface area (Å²) < 4.78 is 36.6. The van der Waals surface area contributed by atoms with Crippen LogP contribution in [0.4, 0.5) is 0 Å². The predicted molar refractivity (Wildman–Crippen MR) is 106 cm³/mol. The van der Waals surface area contributed by atoms with E-state index in [2.05, 4.69) is 9.97 Å². The van der Waals surface area contributed by atoms with Crippen molar-refractivity contribution in [1.29, 1.82) is 0 Å². The maximum Gasteiger partial charge on any atom is 0.340 e. The Labute approximate surface area is 170 Å². The molecule has 2 aromatic heterocycles. The lowest BCUT2D eigenvalue weighted by Gasteiger charge is -2.11. The fourth-order valence-electron chi connectivity index (χ4n) is 2.61. The van der Waals surface area contributed by atoms with Gasteiger partial charge in [-0.25, -0.2) is 4.98 Å². The highest BCUT2D eigenvalue weighted by Crippen LogP contribution is 2.35. The maximum absolute atomic E-state index is 12.8. The number of rotatable bonds is 4. The van der Waals surface area contributed by atoms with Crippen LogP contribution in [0.15, 0.2) is 64.0 Å². The largest absolute Gasteiger partial charge is 0.434 e. The molecule has 0 aliphatic rings. The Balaban J connectivity index is 1.80. The van der Waals surface area contributed by atoms with E-state index >= 15 is 0 Å². The van der Waals surface area contributed by atoms with Gasteiger partial charge in [-0.05, 0) is 49.4 Å². The Kier molecular flexibility index (Phi) is 4.74. The Morgan fingerprint density at radius 3 is 2.64 bits per heavy atom. The van der Waals surface area contributed by atoms with Crippen LogP contribution in [0.5, 0.6) is 5.75 Å². The van der Waals surface area contributed by atoms with Crippen LogP contribution in [0.25, 0.3) is 22.7 Å². The molecule has 4 aromatic rings. The van der Waals surface area contributed by atoms with E-state index in [1.54, 1.807) is 30.5 Å². The molecule has 2 heterocycles. The maximum atomic E-state index is 12.8. The summed E-state index contributed by atoms with van der Waals surface area (Å²) in [6, 6.07) is 12.5. The average Bonchev–Trinajstić information content (AvgIpc) is 3.06. The monoisotopic (exact) mass is 434 g/mol. The van der Waals surface area contributed by atoms with E-state index in [0.717, 1.165) is 5.56 Å². The molecule has 0 amide bonds. The summed E-state index contributed by atoms with van der Waals surface area (Å²) in [6.45, 7) is 1.86. The van der Waals surface area contributed by atoms with Gasteiger partial charge in [-0.2, -0.15) is 13.4 Å². The van der Waals surface area contributed by atoms with Gasteiger partial charge in [-0.1, -0.05) is 34.8 Å². The summed E-state index contributed by atoms with van der Waals surface area (Å²) in [6.07, 6.45) is 1.59. The zero-order valence-corrected chi connectivity index (χ0v) is 16.7. The quantitative estimate of drug-likeness (QED) is 0.406. The molecule has 28 heavy (non-hydrogen) atoms. The fourth-order valence-corrected chi connectivity index (χ4v) is 4.30. The number of halogens is 2. The lowest BCUT2D eigenvalue weighted by molar-refractivity contribution is 0.485. The molecule has 0 unspecified atom stereocenters. The second-order valence-electron chi connectivity index (χ2n) is 5.96. The molecule has 0 spiro atoms. The number of aromatic nitrogens is 2. The third-order valence-electron chi connectivity index (χ3n) is 3.89. The van der Waals surface area contributed by atoms with E-state index in [4.69, 9.17) is 31.8 Å². The van der Waals surface area contributed by atoms with E-state index in [1.165, 1.54) is 24.3 Å². The van der Waals surface area contributed by atoms with Crippen molar-refractivity contribution in [3.63, 3.8) is 0 Å². The average molecular weight is 435 g/mol. The van der Waals surface area contributed by atoms with E-state index in [1.807, 2.05) is 6.92 Å². The third kappa shape index (κ3) is 3.56. The van der Waals surface area contributed by atoms with Crippen molar-refractivity contribution in [2.45, 2.75) is 11.8 Å². The number of benzene rings is 2. The van der Waals surface area contributed by atoms with Gasteiger partial charge in [0.2, 0.25) is 5.89 Å². The number of hydrogen-bond acceptors (Lipinski definition) is 6. The highest BCUT2D eigenvalue weighted by molar-refractivity contribution is 7.87. The van der Waals surface area contributed by atoms with Gasteiger partial charge >= 0.3 is 10.1 Å². The number of hydrogen-bond donors (Lipinski definition) is 0. The molecular formula is C19H12Cl2N2O4S. The highest BCUT2D eigenvalue weighted by Gasteiger charge is 2.24. The minimum Gasteiger partial charge on any atom is -0.434 e. The van der Waals surface area contributed by atoms with Crippen molar-refractivity contribution in [2.75, 3.05) is 0 Å². The molecule has 0 fully saturated rings. The zero-order valence-electron chi connectivity index (χ0n) is 14.4. The Morgan fingerprint density at radius 2 is 1.89 bits per heavy atom. The summed E-state index contributed by atoms with van der Waals surface area (Å²) in [5, 5.41) is 0.283. The zero-order chi connectivity index (χ0) is 19.9. The van der Waals surface area contributed by atoms with Gasteiger partial charge in [0.15, 0.2) is 17.0 Å². The minimum absolute atomic E-state index is 0.0350. The summed E-state index contributed by atoms with van der Waals surface area (Å²) >= 11 is 11.9. The first-order valence-electron chi connectivity index (χ1n) is 8.05. The molecule has 0 aliphatic carbocycles. The fraction of sp³-hybridized carbons (Fsp3) is 0.0526. The standard InChI is InChI=1S/C19H12Cl2N2O4S/c1-11-4-6-15(27-28(24,25)17-7-5-12(20)10-14(17)21)13(9-11)19-23-18-16(26-19)3-2-8-22-18/h2-10H,1H3. The number of nitrogens with zero attached hydrogens (tertiary/aromatic N) is 2. The molecule has 0 radical (unpaired) electrons. The van der Waals surface area contributed by atoms with E-state index < -0.39 is 10.1 Å². The van der Waals surface area contributed by atoms with Crippen LogP contribution in [0.1, 0.15) is 5.56 Å². The van der Waals surface area contributed by atoms with Crippen molar-refractivity contribution in [3.05, 3.63) is 70.3 Å².